The van der Waals surface area contributed by atoms with E-state index in [1.165, 1.54) is 4.68 Å². The van der Waals surface area contributed by atoms with Crippen LogP contribution in [0.25, 0.3) is 5.69 Å². The minimum absolute atomic E-state index is 0.327. The van der Waals surface area contributed by atoms with Crippen LogP contribution in [0, 0.1) is 10.1 Å². The lowest BCUT2D eigenvalue weighted by Crippen LogP contribution is -2.50. The summed E-state index contributed by atoms with van der Waals surface area (Å²) in [5, 5.41) is 23.9. The Morgan fingerprint density at radius 1 is 1.10 bits per heavy atom. The van der Waals surface area contributed by atoms with Gasteiger partial charge in [0.05, 0.1) is 10.6 Å². The van der Waals surface area contributed by atoms with E-state index in [1.807, 2.05) is 32.9 Å². The molecule has 1 aromatic carbocycles. The number of benzene rings is 1. The fourth-order valence-electron chi connectivity index (χ4n) is 3.07. The number of aromatic carboxylic acids is 1. The molecule has 2 aromatic rings. The first-order valence-corrected chi connectivity index (χ1v) is 9.36. The normalized spacial score (nSPS) is 14.5. The van der Waals surface area contributed by atoms with Gasteiger partial charge >= 0.3 is 17.7 Å². The molecule has 1 amide bonds. The van der Waals surface area contributed by atoms with Gasteiger partial charge in [-0.15, -0.1) is 0 Å². The third kappa shape index (κ3) is 4.67. The topological polar surface area (TPSA) is 131 Å². The first kappa shape index (κ1) is 21.1. The van der Waals surface area contributed by atoms with E-state index in [9.17, 15) is 19.7 Å². The van der Waals surface area contributed by atoms with Crippen LogP contribution in [0.3, 0.4) is 0 Å². The molecule has 1 aliphatic heterocycles. The summed E-state index contributed by atoms with van der Waals surface area (Å²) in [5.41, 5.74) is -0.289. The third-order valence-corrected chi connectivity index (χ3v) is 4.50. The summed E-state index contributed by atoms with van der Waals surface area (Å²) in [5.74, 6) is -1.46. The van der Waals surface area contributed by atoms with Crippen molar-refractivity contribution in [1.82, 2.24) is 14.7 Å². The van der Waals surface area contributed by atoms with Crippen LogP contribution in [0.4, 0.5) is 16.2 Å². The van der Waals surface area contributed by atoms with Crippen LogP contribution < -0.4 is 4.90 Å². The molecular weight excluding hydrogens is 394 g/mol. The zero-order valence-corrected chi connectivity index (χ0v) is 16.9. The minimum Gasteiger partial charge on any atom is -0.476 e. The average Bonchev–Trinajstić information content (AvgIpc) is 3.13. The molecule has 0 unspecified atom stereocenters. The third-order valence-electron chi connectivity index (χ3n) is 4.50. The largest absolute Gasteiger partial charge is 0.476 e. The van der Waals surface area contributed by atoms with Gasteiger partial charge in [0.25, 0.3) is 0 Å². The Balaban J connectivity index is 1.67. The van der Waals surface area contributed by atoms with Crippen LogP contribution in [-0.2, 0) is 4.74 Å². The van der Waals surface area contributed by atoms with E-state index in [0.29, 0.717) is 31.9 Å². The van der Waals surface area contributed by atoms with Gasteiger partial charge in [-0.3, -0.25) is 10.1 Å². The highest BCUT2D eigenvalue weighted by Gasteiger charge is 2.27. The number of nitrogens with zero attached hydrogens (tertiary/aromatic N) is 5. The molecule has 30 heavy (non-hydrogen) atoms. The van der Waals surface area contributed by atoms with Crippen LogP contribution in [0.1, 0.15) is 31.3 Å². The summed E-state index contributed by atoms with van der Waals surface area (Å²) in [6.45, 7) is 7.82. The highest BCUT2D eigenvalue weighted by atomic mass is 16.6. The second-order valence-corrected chi connectivity index (χ2v) is 7.84. The van der Waals surface area contributed by atoms with Gasteiger partial charge in [-0.05, 0) is 45.0 Å². The van der Waals surface area contributed by atoms with E-state index in [1.54, 1.807) is 17.0 Å². The number of anilines is 1. The maximum absolute atomic E-state index is 12.2. The van der Waals surface area contributed by atoms with E-state index >= 15 is 0 Å². The van der Waals surface area contributed by atoms with Crippen LogP contribution in [0.2, 0.25) is 0 Å². The molecule has 11 nitrogen and oxygen atoms in total. The zero-order valence-electron chi connectivity index (χ0n) is 16.9. The Kier molecular flexibility index (Phi) is 5.63. The maximum Gasteiger partial charge on any atom is 0.410 e. The van der Waals surface area contributed by atoms with Crippen molar-refractivity contribution < 1.29 is 24.4 Å². The Morgan fingerprint density at radius 3 is 2.13 bits per heavy atom. The van der Waals surface area contributed by atoms with Crippen molar-refractivity contribution >= 4 is 23.4 Å². The average molecular weight is 417 g/mol. The number of carbonyl (C=O) groups excluding carboxylic acids is 1. The number of hydrogen-bond acceptors (Lipinski definition) is 7. The van der Waals surface area contributed by atoms with Gasteiger partial charge in [-0.1, -0.05) is 0 Å². The predicted octanol–water partition coefficient (Wildman–Crippen LogP) is 2.54. The fourth-order valence-corrected chi connectivity index (χ4v) is 3.07. The molecule has 160 valence electrons. The Hall–Kier alpha value is -3.63. The highest BCUT2D eigenvalue weighted by Crippen LogP contribution is 2.23. The van der Waals surface area contributed by atoms with Crippen molar-refractivity contribution in [3.8, 4) is 5.69 Å². The van der Waals surface area contributed by atoms with Gasteiger partial charge in [0.1, 0.15) is 11.8 Å². The van der Waals surface area contributed by atoms with Gasteiger partial charge in [0.15, 0.2) is 0 Å². The number of aromatic nitrogens is 2. The lowest BCUT2D eigenvalue weighted by Gasteiger charge is -2.36. The number of carboxylic acid groups (broad SMARTS) is 1. The van der Waals surface area contributed by atoms with Gasteiger partial charge in [-0.2, -0.15) is 5.10 Å². The number of amides is 1. The molecular formula is C19H23N5O6. The Bertz CT molecular complexity index is 923. The van der Waals surface area contributed by atoms with Crippen LogP contribution in [0.15, 0.2) is 30.5 Å². The molecule has 0 spiro atoms. The molecule has 1 fully saturated rings. The van der Waals surface area contributed by atoms with E-state index in [2.05, 4.69) is 10.00 Å². The standard InChI is InChI=1S/C19H23N5O6/c1-19(2,3)30-18(27)22-10-8-21(9-11-22)13-4-6-14(7-5-13)23-12-15(24(28)29)16(20-23)17(25)26/h4-7,12H,8-11H2,1-3H3,(H,25,26). The fraction of sp³-hybridized carbons (Fsp3) is 0.421. The van der Waals surface area contributed by atoms with E-state index in [0.717, 1.165) is 11.9 Å². The Morgan fingerprint density at radius 2 is 1.67 bits per heavy atom. The van der Waals surface area contributed by atoms with Crippen molar-refractivity contribution in [3.63, 3.8) is 0 Å². The molecule has 0 saturated carbocycles. The monoisotopic (exact) mass is 417 g/mol. The smallest absolute Gasteiger partial charge is 0.410 e. The zero-order chi connectivity index (χ0) is 22.1. The summed E-state index contributed by atoms with van der Waals surface area (Å²) in [6, 6.07) is 7.06. The molecule has 0 atom stereocenters. The van der Waals surface area contributed by atoms with Gasteiger partial charge < -0.3 is 19.6 Å². The van der Waals surface area contributed by atoms with Gasteiger partial charge in [0, 0.05) is 31.9 Å². The molecule has 1 saturated heterocycles. The number of hydrogen-bond donors (Lipinski definition) is 1. The van der Waals surface area contributed by atoms with Crippen LogP contribution in [0.5, 0.6) is 0 Å². The summed E-state index contributed by atoms with van der Waals surface area (Å²) in [4.78, 5) is 37.4. The summed E-state index contributed by atoms with van der Waals surface area (Å²) >= 11 is 0. The second-order valence-electron chi connectivity index (χ2n) is 7.84. The van der Waals surface area contributed by atoms with Crippen molar-refractivity contribution in [2.24, 2.45) is 0 Å². The molecule has 11 heteroatoms. The number of carboxylic acids is 1. The number of ether oxygens (including phenoxy) is 1. The van der Waals surface area contributed by atoms with Crippen molar-refractivity contribution in [3.05, 3.63) is 46.3 Å². The SMILES string of the molecule is CC(C)(C)OC(=O)N1CCN(c2ccc(-n3cc([N+](=O)[O-])c(C(=O)O)n3)cc2)CC1. The molecule has 0 bridgehead atoms. The molecule has 1 aliphatic rings. The molecule has 1 aromatic heterocycles. The Labute approximate surface area is 172 Å². The molecule has 2 heterocycles. The van der Waals surface area contributed by atoms with E-state index < -0.39 is 27.9 Å². The molecule has 1 N–H and O–H groups in total. The minimum atomic E-state index is -1.46. The van der Waals surface area contributed by atoms with Crippen molar-refractivity contribution in [2.75, 3.05) is 31.1 Å². The maximum atomic E-state index is 12.2. The number of carbonyl (C=O) groups is 2. The summed E-state index contributed by atoms with van der Waals surface area (Å²) in [6.07, 6.45) is 0.755. The molecule has 0 aliphatic carbocycles. The molecule has 0 radical (unpaired) electrons. The predicted molar refractivity (Wildman–Crippen MR) is 107 cm³/mol. The summed E-state index contributed by atoms with van der Waals surface area (Å²) in [7, 11) is 0. The quantitative estimate of drug-likeness (QED) is 0.593. The van der Waals surface area contributed by atoms with Gasteiger partial charge in [-0.25, -0.2) is 14.3 Å². The lowest BCUT2D eigenvalue weighted by molar-refractivity contribution is -0.385. The second kappa shape index (κ2) is 8.01. The number of rotatable bonds is 4. The first-order chi connectivity index (χ1) is 14.0. The lowest BCUT2D eigenvalue weighted by atomic mass is 10.2. The van der Waals surface area contributed by atoms with Crippen molar-refractivity contribution in [2.45, 2.75) is 26.4 Å². The first-order valence-electron chi connectivity index (χ1n) is 9.36. The van der Waals surface area contributed by atoms with Crippen molar-refractivity contribution in [1.29, 1.82) is 0 Å². The van der Waals surface area contributed by atoms with Gasteiger partial charge in [0.2, 0.25) is 5.69 Å². The molecule has 3 rings (SSSR count). The van der Waals surface area contributed by atoms with E-state index in [4.69, 9.17) is 9.84 Å². The van der Waals surface area contributed by atoms with Crippen LogP contribution >= 0.6 is 0 Å². The number of piperazine rings is 1. The van der Waals surface area contributed by atoms with E-state index in [-0.39, 0.29) is 6.09 Å². The van der Waals surface area contributed by atoms with Crippen LogP contribution in [-0.4, -0.2) is 68.6 Å². The number of nitro groups is 1. The summed E-state index contributed by atoms with van der Waals surface area (Å²) < 4.78 is 6.57. The highest BCUT2D eigenvalue weighted by molar-refractivity contribution is 5.90.